The van der Waals surface area contributed by atoms with Gasteiger partial charge in [0, 0.05) is 17.2 Å². The van der Waals surface area contributed by atoms with Crippen LogP contribution in [0.3, 0.4) is 0 Å². The summed E-state index contributed by atoms with van der Waals surface area (Å²) in [6.45, 7) is 3.94. The van der Waals surface area contributed by atoms with Crippen LogP contribution in [0, 0.1) is 18.8 Å². The second-order valence-electron chi connectivity index (χ2n) is 2.99. The lowest BCUT2D eigenvalue weighted by Crippen LogP contribution is -2.00. The van der Waals surface area contributed by atoms with Crippen molar-refractivity contribution < 1.29 is 9.53 Å². The Kier molecular flexibility index (Phi) is 3.75. The third-order valence-corrected chi connectivity index (χ3v) is 1.95. The topological polar surface area (TPSA) is 52.3 Å². The molecule has 0 saturated heterocycles. The minimum Gasteiger partial charge on any atom is -0.456 e. The molecule has 0 fully saturated rings. The second-order valence-corrected chi connectivity index (χ2v) is 2.99. The summed E-state index contributed by atoms with van der Waals surface area (Å²) in [5.41, 5.74) is 8.01. The molecule has 0 radical (unpaired) electrons. The fourth-order valence-corrected chi connectivity index (χ4v) is 1.07. The number of hydrogen-bond acceptors (Lipinski definition) is 3. The van der Waals surface area contributed by atoms with Crippen LogP contribution in [0.1, 0.15) is 18.1 Å². The average molecular weight is 203 g/mol. The zero-order valence-corrected chi connectivity index (χ0v) is 8.83. The van der Waals surface area contributed by atoms with E-state index < -0.39 is 5.97 Å². The number of hydrogen-bond donors (Lipinski definition) is 1. The van der Waals surface area contributed by atoms with Crippen LogP contribution < -0.4 is 5.73 Å². The fraction of sp³-hybridized carbons (Fsp3) is 0.250. The predicted octanol–water partition coefficient (Wildman–Crippen LogP) is 1.49. The molecule has 78 valence electrons. The first-order chi connectivity index (χ1) is 7.15. The number of carbonyl (C=O) groups excluding carboxylic acids is 1. The van der Waals surface area contributed by atoms with Crippen molar-refractivity contribution >= 4 is 11.7 Å². The summed E-state index contributed by atoms with van der Waals surface area (Å²) in [7, 11) is 0. The number of nitrogens with two attached hydrogens (primary N) is 1. The molecule has 2 N–H and O–H groups in total. The Bertz CT molecular complexity index is 427. The van der Waals surface area contributed by atoms with Gasteiger partial charge in [-0.15, -0.1) is 0 Å². The molecule has 1 aromatic carbocycles. The lowest BCUT2D eigenvalue weighted by atomic mass is 10.1. The van der Waals surface area contributed by atoms with Crippen LogP contribution in [-0.2, 0) is 9.53 Å². The molecule has 0 bridgehead atoms. The molecule has 3 heteroatoms. The SMILES string of the molecule is CCOC(=O)C#Cc1cccc(N)c1C. The van der Waals surface area contributed by atoms with Crippen molar-refractivity contribution in [2.24, 2.45) is 0 Å². The van der Waals surface area contributed by atoms with Gasteiger partial charge in [-0.1, -0.05) is 12.0 Å². The monoisotopic (exact) mass is 203 g/mol. The van der Waals surface area contributed by atoms with Gasteiger partial charge in [0.15, 0.2) is 0 Å². The molecule has 1 rings (SSSR count). The Morgan fingerprint density at radius 1 is 1.53 bits per heavy atom. The zero-order chi connectivity index (χ0) is 11.3. The summed E-state index contributed by atoms with van der Waals surface area (Å²) >= 11 is 0. The Balaban J connectivity index is 2.89. The van der Waals surface area contributed by atoms with Crippen molar-refractivity contribution in [1.29, 1.82) is 0 Å². The number of anilines is 1. The summed E-state index contributed by atoms with van der Waals surface area (Å²) in [6, 6.07) is 5.42. The fourth-order valence-electron chi connectivity index (χ4n) is 1.07. The molecule has 0 aliphatic rings. The normalized spacial score (nSPS) is 8.93. The summed E-state index contributed by atoms with van der Waals surface area (Å²) < 4.78 is 4.69. The van der Waals surface area contributed by atoms with Gasteiger partial charge in [-0.3, -0.25) is 0 Å². The summed E-state index contributed by atoms with van der Waals surface area (Å²) in [5, 5.41) is 0. The van der Waals surface area contributed by atoms with Crippen molar-refractivity contribution in [3.63, 3.8) is 0 Å². The summed E-state index contributed by atoms with van der Waals surface area (Å²) in [6.07, 6.45) is 0. The van der Waals surface area contributed by atoms with E-state index in [2.05, 4.69) is 16.6 Å². The van der Waals surface area contributed by atoms with Gasteiger partial charge in [0.25, 0.3) is 0 Å². The minimum absolute atomic E-state index is 0.337. The van der Waals surface area contributed by atoms with Crippen LogP contribution in [0.2, 0.25) is 0 Å². The molecule has 1 aromatic rings. The molecule has 0 amide bonds. The highest BCUT2D eigenvalue weighted by molar-refractivity contribution is 5.89. The van der Waals surface area contributed by atoms with Gasteiger partial charge in [-0.25, -0.2) is 4.79 Å². The molecule has 0 unspecified atom stereocenters. The molecule has 3 nitrogen and oxygen atoms in total. The molecule has 0 saturated carbocycles. The van der Waals surface area contributed by atoms with Crippen molar-refractivity contribution in [2.45, 2.75) is 13.8 Å². The Morgan fingerprint density at radius 2 is 2.27 bits per heavy atom. The lowest BCUT2D eigenvalue weighted by molar-refractivity contribution is -0.136. The molecule has 0 heterocycles. The first-order valence-electron chi connectivity index (χ1n) is 4.69. The smallest absolute Gasteiger partial charge is 0.384 e. The van der Waals surface area contributed by atoms with Gasteiger partial charge in [0.05, 0.1) is 6.61 Å². The maximum absolute atomic E-state index is 11.0. The van der Waals surface area contributed by atoms with Gasteiger partial charge in [0.1, 0.15) is 0 Å². The van der Waals surface area contributed by atoms with Gasteiger partial charge in [-0.05, 0) is 31.5 Å². The predicted molar refractivity (Wildman–Crippen MR) is 59.1 cm³/mol. The summed E-state index contributed by atoms with van der Waals surface area (Å²) in [5.74, 6) is 4.62. The van der Waals surface area contributed by atoms with Gasteiger partial charge >= 0.3 is 5.97 Å². The molecule has 0 aromatic heterocycles. The van der Waals surface area contributed by atoms with E-state index >= 15 is 0 Å². The number of rotatable bonds is 1. The van der Waals surface area contributed by atoms with Crippen LogP contribution in [-0.4, -0.2) is 12.6 Å². The van der Waals surface area contributed by atoms with Gasteiger partial charge < -0.3 is 10.5 Å². The third kappa shape index (κ3) is 3.03. The van der Waals surface area contributed by atoms with Crippen LogP contribution in [0.25, 0.3) is 0 Å². The van der Waals surface area contributed by atoms with Crippen LogP contribution >= 0.6 is 0 Å². The molecule has 0 atom stereocenters. The van der Waals surface area contributed by atoms with E-state index in [1.54, 1.807) is 19.1 Å². The van der Waals surface area contributed by atoms with E-state index in [0.717, 1.165) is 11.1 Å². The zero-order valence-electron chi connectivity index (χ0n) is 8.83. The third-order valence-electron chi connectivity index (χ3n) is 1.95. The number of esters is 1. The molecular weight excluding hydrogens is 190 g/mol. The van der Waals surface area contributed by atoms with E-state index in [1.807, 2.05) is 13.0 Å². The standard InChI is InChI=1S/C12H13NO2/c1-3-15-12(14)8-7-10-5-4-6-11(13)9(10)2/h4-6H,3,13H2,1-2H3. The largest absolute Gasteiger partial charge is 0.456 e. The quantitative estimate of drug-likeness (QED) is 0.427. The summed E-state index contributed by atoms with van der Waals surface area (Å²) in [4.78, 5) is 11.0. The van der Waals surface area contributed by atoms with Gasteiger partial charge in [0.2, 0.25) is 0 Å². The number of carbonyl (C=O) groups is 1. The minimum atomic E-state index is -0.515. The molecule has 0 spiro atoms. The van der Waals surface area contributed by atoms with Crippen LogP contribution in [0.4, 0.5) is 5.69 Å². The lowest BCUT2D eigenvalue weighted by Gasteiger charge is -2.00. The highest BCUT2D eigenvalue weighted by atomic mass is 16.5. The van der Waals surface area contributed by atoms with E-state index in [4.69, 9.17) is 5.73 Å². The van der Waals surface area contributed by atoms with Crippen molar-refractivity contribution in [3.8, 4) is 11.8 Å². The Hall–Kier alpha value is -1.95. The molecular formula is C12H13NO2. The van der Waals surface area contributed by atoms with Crippen molar-refractivity contribution in [1.82, 2.24) is 0 Å². The maximum Gasteiger partial charge on any atom is 0.384 e. The number of ether oxygens (including phenoxy) is 1. The first kappa shape index (κ1) is 11.1. The van der Waals surface area contributed by atoms with Crippen molar-refractivity contribution in [3.05, 3.63) is 29.3 Å². The maximum atomic E-state index is 11.0. The Morgan fingerprint density at radius 3 is 2.93 bits per heavy atom. The van der Waals surface area contributed by atoms with Crippen LogP contribution in [0.5, 0.6) is 0 Å². The van der Waals surface area contributed by atoms with E-state index in [1.165, 1.54) is 0 Å². The highest BCUT2D eigenvalue weighted by Gasteiger charge is 1.98. The number of nitrogen functional groups attached to an aromatic ring is 1. The number of benzene rings is 1. The molecule has 0 aliphatic heterocycles. The van der Waals surface area contributed by atoms with E-state index in [9.17, 15) is 4.79 Å². The van der Waals surface area contributed by atoms with E-state index in [-0.39, 0.29) is 0 Å². The average Bonchev–Trinajstić information content (AvgIpc) is 2.21. The first-order valence-corrected chi connectivity index (χ1v) is 4.69. The van der Waals surface area contributed by atoms with Gasteiger partial charge in [-0.2, -0.15) is 0 Å². The van der Waals surface area contributed by atoms with Crippen LogP contribution in [0.15, 0.2) is 18.2 Å². The molecule has 0 aliphatic carbocycles. The van der Waals surface area contributed by atoms with E-state index in [0.29, 0.717) is 12.3 Å². The Labute approximate surface area is 89.2 Å². The molecule has 15 heavy (non-hydrogen) atoms. The second kappa shape index (κ2) is 5.06. The highest BCUT2D eigenvalue weighted by Crippen LogP contribution is 2.13. The van der Waals surface area contributed by atoms with Crippen molar-refractivity contribution in [2.75, 3.05) is 12.3 Å².